The minimum atomic E-state index is -0.379. The Morgan fingerprint density at radius 3 is 3.07 bits per heavy atom. The molecule has 1 fully saturated rings. The number of rotatable bonds is 5. The molecule has 2 amide bonds. The standard InChI is InChI=1S/C19H22N4O3S/c1-2-26-18(24)12-10-20-19(25)22-14(12)11-23-9-5-7-15(23)17-21-13-6-3-4-8-16(13)27-17/h3-4,6,8,15H,2,5,7,9-11H2,1H3,(H2,20,22,25)/t15-/m1/s1. The number of ether oxygens (including phenoxy) is 1. The fourth-order valence-electron chi connectivity index (χ4n) is 3.61. The number of nitrogens with zero attached hydrogens (tertiary/aromatic N) is 2. The van der Waals surface area contributed by atoms with Crippen LogP contribution in [0.5, 0.6) is 0 Å². The van der Waals surface area contributed by atoms with Crippen LogP contribution in [0.4, 0.5) is 4.79 Å². The maximum absolute atomic E-state index is 12.3. The summed E-state index contributed by atoms with van der Waals surface area (Å²) in [5.41, 5.74) is 2.14. The average Bonchev–Trinajstić information content (AvgIpc) is 3.28. The second kappa shape index (κ2) is 7.66. The number of carbonyl (C=O) groups is 2. The first-order valence-electron chi connectivity index (χ1n) is 9.19. The van der Waals surface area contributed by atoms with Gasteiger partial charge in [0, 0.05) is 12.2 Å². The van der Waals surface area contributed by atoms with Gasteiger partial charge in [-0.2, -0.15) is 0 Å². The molecule has 8 heteroatoms. The fraction of sp³-hybridized carbons (Fsp3) is 0.421. The van der Waals surface area contributed by atoms with Crippen LogP contribution in [0.15, 0.2) is 35.5 Å². The zero-order valence-corrected chi connectivity index (χ0v) is 16.0. The first-order valence-corrected chi connectivity index (χ1v) is 10.0. The summed E-state index contributed by atoms with van der Waals surface area (Å²) in [4.78, 5) is 31.2. The highest BCUT2D eigenvalue weighted by Crippen LogP contribution is 2.36. The Balaban J connectivity index is 1.59. The number of hydrogen-bond acceptors (Lipinski definition) is 6. The third kappa shape index (κ3) is 3.68. The molecular formula is C19H22N4O3S. The maximum Gasteiger partial charge on any atom is 0.337 e. The zero-order chi connectivity index (χ0) is 18.8. The van der Waals surface area contributed by atoms with Crippen LogP contribution >= 0.6 is 11.3 Å². The van der Waals surface area contributed by atoms with Gasteiger partial charge in [-0.15, -0.1) is 11.3 Å². The van der Waals surface area contributed by atoms with Crippen LogP contribution in [-0.4, -0.2) is 48.1 Å². The van der Waals surface area contributed by atoms with Gasteiger partial charge in [0.1, 0.15) is 5.01 Å². The molecular weight excluding hydrogens is 364 g/mol. The summed E-state index contributed by atoms with van der Waals surface area (Å²) in [6.45, 7) is 3.68. The molecule has 0 radical (unpaired) electrons. The number of para-hydroxylation sites is 1. The molecule has 7 nitrogen and oxygen atoms in total. The number of likely N-dealkylation sites (tertiary alicyclic amines) is 1. The van der Waals surface area contributed by atoms with Gasteiger partial charge >= 0.3 is 12.0 Å². The molecule has 2 aliphatic rings. The molecule has 0 unspecified atom stereocenters. The van der Waals surface area contributed by atoms with E-state index in [9.17, 15) is 9.59 Å². The van der Waals surface area contributed by atoms with Gasteiger partial charge in [0.05, 0.1) is 35.0 Å². The van der Waals surface area contributed by atoms with E-state index in [4.69, 9.17) is 9.72 Å². The molecule has 0 saturated carbocycles. The van der Waals surface area contributed by atoms with E-state index in [-0.39, 0.29) is 24.6 Å². The Bertz CT molecular complexity index is 874. The summed E-state index contributed by atoms with van der Waals surface area (Å²) in [5.74, 6) is -0.379. The molecule has 1 atom stereocenters. The van der Waals surface area contributed by atoms with Gasteiger partial charge in [0.25, 0.3) is 0 Å². The smallest absolute Gasteiger partial charge is 0.337 e. The third-order valence-corrected chi connectivity index (χ3v) is 6.03. The minimum Gasteiger partial charge on any atom is -0.463 e. The van der Waals surface area contributed by atoms with E-state index < -0.39 is 0 Å². The molecule has 2 aliphatic heterocycles. The van der Waals surface area contributed by atoms with Gasteiger partial charge in [-0.25, -0.2) is 14.6 Å². The van der Waals surface area contributed by atoms with Gasteiger partial charge < -0.3 is 15.4 Å². The van der Waals surface area contributed by atoms with Crippen LogP contribution in [0.2, 0.25) is 0 Å². The van der Waals surface area contributed by atoms with Crippen molar-refractivity contribution >= 4 is 33.6 Å². The number of benzene rings is 1. The maximum atomic E-state index is 12.3. The lowest BCUT2D eigenvalue weighted by Gasteiger charge is -2.28. The molecule has 1 aromatic carbocycles. The Labute approximate surface area is 161 Å². The Hall–Kier alpha value is -2.45. The topological polar surface area (TPSA) is 83.6 Å². The molecule has 2 N–H and O–H groups in total. The van der Waals surface area contributed by atoms with Crippen LogP contribution < -0.4 is 10.6 Å². The summed E-state index contributed by atoms with van der Waals surface area (Å²) in [6, 6.07) is 8.06. The number of urea groups is 1. The van der Waals surface area contributed by atoms with Crippen LogP contribution in [-0.2, 0) is 9.53 Å². The highest BCUT2D eigenvalue weighted by atomic mass is 32.1. The predicted octanol–water partition coefficient (Wildman–Crippen LogP) is 2.56. The number of aromatic nitrogens is 1. The Morgan fingerprint density at radius 1 is 1.41 bits per heavy atom. The van der Waals surface area contributed by atoms with Gasteiger partial charge in [-0.3, -0.25) is 4.90 Å². The summed E-state index contributed by atoms with van der Waals surface area (Å²) < 4.78 is 6.33. The van der Waals surface area contributed by atoms with Gasteiger partial charge in [0.15, 0.2) is 0 Å². The van der Waals surface area contributed by atoms with Crippen molar-refractivity contribution in [1.29, 1.82) is 0 Å². The van der Waals surface area contributed by atoms with E-state index in [1.807, 2.05) is 18.2 Å². The molecule has 1 saturated heterocycles. The van der Waals surface area contributed by atoms with Gasteiger partial charge in [-0.05, 0) is 38.4 Å². The van der Waals surface area contributed by atoms with E-state index in [1.54, 1.807) is 18.3 Å². The highest BCUT2D eigenvalue weighted by molar-refractivity contribution is 7.18. The lowest BCUT2D eigenvalue weighted by atomic mass is 10.1. The molecule has 2 aromatic rings. The average molecular weight is 386 g/mol. The highest BCUT2D eigenvalue weighted by Gasteiger charge is 2.32. The van der Waals surface area contributed by atoms with E-state index in [0.29, 0.717) is 24.4 Å². The normalized spacial score (nSPS) is 20.6. The number of carbonyl (C=O) groups excluding carboxylic acids is 2. The van der Waals surface area contributed by atoms with Crippen molar-refractivity contribution in [3.05, 3.63) is 40.5 Å². The van der Waals surface area contributed by atoms with Crippen molar-refractivity contribution in [3.8, 4) is 0 Å². The van der Waals surface area contributed by atoms with Crippen molar-refractivity contribution in [3.63, 3.8) is 0 Å². The summed E-state index contributed by atoms with van der Waals surface area (Å²) in [7, 11) is 0. The van der Waals surface area contributed by atoms with E-state index >= 15 is 0 Å². The second-order valence-electron chi connectivity index (χ2n) is 6.63. The number of thiazole rings is 1. The molecule has 0 bridgehead atoms. The lowest BCUT2D eigenvalue weighted by molar-refractivity contribution is -0.138. The van der Waals surface area contributed by atoms with Gasteiger partial charge in [-0.1, -0.05) is 12.1 Å². The number of amides is 2. The molecule has 3 heterocycles. The molecule has 0 aliphatic carbocycles. The van der Waals surface area contributed by atoms with Crippen molar-refractivity contribution < 1.29 is 14.3 Å². The number of hydrogen-bond donors (Lipinski definition) is 2. The summed E-state index contributed by atoms with van der Waals surface area (Å²) in [5, 5.41) is 6.54. The quantitative estimate of drug-likeness (QED) is 0.772. The minimum absolute atomic E-state index is 0.194. The van der Waals surface area contributed by atoms with Crippen molar-refractivity contribution in [2.24, 2.45) is 0 Å². The van der Waals surface area contributed by atoms with E-state index in [2.05, 4.69) is 21.6 Å². The van der Waals surface area contributed by atoms with Crippen LogP contribution in [0.1, 0.15) is 30.8 Å². The number of esters is 1. The largest absolute Gasteiger partial charge is 0.463 e. The zero-order valence-electron chi connectivity index (χ0n) is 15.2. The Kier molecular flexibility index (Phi) is 5.09. The van der Waals surface area contributed by atoms with Crippen molar-refractivity contribution in [2.75, 3.05) is 26.2 Å². The lowest BCUT2D eigenvalue weighted by Crippen LogP contribution is -2.46. The second-order valence-corrected chi connectivity index (χ2v) is 7.70. The monoisotopic (exact) mass is 386 g/mol. The van der Waals surface area contributed by atoms with Crippen molar-refractivity contribution in [2.45, 2.75) is 25.8 Å². The van der Waals surface area contributed by atoms with Crippen LogP contribution in [0.25, 0.3) is 10.2 Å². The molecule has 4 rings (SSSR count). The SMILES string of the molecule is CCOC(=O)C1=C(CN2CCC[C@@H]2c2nc3ccccc3s2)NC(=O)NC1. The van der Waals surface area contributed by atoms with Crippen LogP contribution in [0, 0.1) is 0 Å². The third-order valence-electron chi connectivity index (χ3n) is 4.90. The van der Waals surface area contributed by atoms with Gasteiger partial charge in [0.2, 0.25) is 0 Å². The first-order chi connectivity index (χ1) is 13.2. The predicted molar refractivity (Wildman–Crippen MR) is 103 cm³/mol. The molecule has 0 spiro atoms. The molecule has 1 aromatic heterocycles. The first kappa shape index (κ1) is 17.9. The molecule has 142 valence electrons. The number of nitrogens with one attached hydrogen (secondary N) is 2. The molecule has 27 heavy (non-hydrogen) atoms. The Morgan fingerprint density at radius 2 is 2.26 bits per heavy atom. The summed E-state index contributed by atoms with van der Waals surface area (Å²) in [6.07, 6.45) is 2.09. The fourth-order valence-corrected chi connectivity index (χ4v) is 4.75. The van der Waals surface area contributed by atoms with E-state index in [1.165, 1.54) is 4.70 Å². The van der Waals surface area contributed by atoms with Crippen molar-refractivity contribution in [1.82, 2.24) is 20.5 Å². The van der Waals surface area contributed by atoms with Crippen LogP contribution in [0.3, 0.4) is 0 Å². The summed E-state index contributed by atoms with van der Waals surface area (Å²) >= 11 is 1.72. The number of fused-ring (bicyclic) bond motifs is 1. The van der Waals surface area contributed by atoms with E-state index in [0.717, 1.165) is 29.9 Å².